The first kappa shape index (κ1) is 20.1. The first-order chi connectivity index (χ1) is 11.7. The fraction of sp³-hybridized carbons (Fsp3) is 0.263. The lowest BCUT2D eigenvalue weighted by Crippen LogP contribution is -2.27. The lowest BCUT2D eigenvalue weighted by atomic mass is 10.1. The molecule has 3 aromatic rings. The zero-order valence-electron chi connectivity index (χ0n) is 14.5. The monoisotopic (exact) mass is 392 g/mol. The second-order valence-electron chi connectivity index (χ2n) is 6.10. The number of aryl methyl sites for hydroxylation is 1. The molecule has 5 nitrogen and oxygen atoms in total. The smallest absolute Gasteiger partial charge is 0.251 e. The summed E-state index contributed by atoms with van der Waals surface area (Å²) in [4.78, 5) is 16.9. The Balaban J connectivity index is 0.00000121. The van der Waals surface area contributed by atoms with Crippen molar-refractivity contribution < 1.29 is 4.79 Å². The molecule has 1 aromatic heterocycles. The Kier molecular flexibility index (Phi) is 6.51. The van der Waals surface area contributed by atoms with Crippen molar-refractivity contribution in [2.75, 3.05) is 18.4 Å². The molecule has 1 amide bonds. The maximum absolute atomic E-state index is 12.4. The number of benzene rings is 2. The maximum atomic E-state index is 12.4. The van der Waals surface area contributed by atoms with Gasteiger partial charge < -0.3 is 15.2 Å². The van der Waals surface area contributed by atoms with E-state index >= 15 is 0 Å². The van der Waals surface area contributed by atoms with Gasteiger partial charge in [-0.2, -0.15) is 0 Å². The molecule has 0 bridgehead atoms. The molecule has 26 heavy (non-hydrogen) atoms. The molecule has 0 saturated heterocycles. The summed E-state index contributed by atoms with van der Waals surface area (Å²) in [6.07, 6.45) is 0.983. The number of carbonyl (C=O) groups excluding carboxylic acids is 1. The van der Waals surface area contributed by atoms with Gasteiger partial charge in [0.2, 0.25) is 0 Å². The Morgan fingerprint density at radius 1 is 1.23 bits per heavy atom. The number of nitrogens with zero attached hydrogens (tertiary/aromatic N) is 2. The molecule has 2 aromatic carbocycles. The van der Waals surface area contributed by atoms with Crippen LogP contribution in [-0.2, 0) is 13.0 Å². The van der Waals surface area contributed by atoms with Crippen LogP contribution in [0.2, 0.25) is 0 Å². The summed E-state index contributed by atoms with van der Waals surface area (Å²) in [5.74, 6) is 0.945. The molecule has 0 radical (unpaired) electrons. The van der Waals surface area contributed by atoms with E-state index in [0.29, 0.717) is 13.1 Å². The standard InChI is InChI=1S/C19H20N4O.2ClH/c1-13-22-17-4-2-3-5-18(17)23(13)11-10-21-19(24)15-6-7-16-14(12-15)8-9-20-16;;/h2-7,12,20H,8-11H2,1H3,(H,21,24);2*1H. The van der Waals surface area contributed by atoms with Crippen molar-refractivity contribution in [3.05, 3.63) is 59.4 Å². The average Bonchev–Trinajstić information content (AvgIpc) is 3.18. The maximum Gasteiger partial charge on any atom is 0.251 e. The van der Waals surface area contributed by atoms with E-state index < -0.39 is 0 Å². The van der Waals surface area contributed by atoms with Crippen LogP contribution in [0.5, 0.6) is 0 Å². The van der Waals surface area contributed by atoms with E-state index in [1.165, 1.54) is 5.56 Å². The normalized spacial score (nSPS) is 11.9. The molecule has 0 aliphatic carbocycles. The fourth-order valence-corrected chi connectivity index (χ4v) is 3.31. The summed E-state index contributed by atoms with van der Waals surface area (Å²) >= 11 is 0. The number of fused-ring (bicyclic) bond motifs is 2. The van der Waals surface area contributed by atoms with Crippen LogP contribution in [0.3, 0.4) is 0 Å². The molecule has 0 atom stereocenters. The molecule has 0 saturated carbocycles. The van der Waals surface area contributed by atoms with Crippen LogP contribution >= 0.6 is 24.8 Å². The van der Waals surface area contributed by atoms with Gasteiger partial charge in [0.25, 0.3) is 5.91 Å². The van der Waals surface area contributed by atoms with Crippen molar-refractivity contribution in [3.8, 4) is 0 Å². The minimum atomic E-state index is -0.0215. The van der Waals surface area contributed by atoms with Crippen LogP contribution in [0, 0.1) is 6.92 Å². The second-order valence-corrected chi connectivity index (χ2v) is 6.10. The van der Waals surface area contributed by atoms with Crippen molar-refractivity contribution in [2.24, 2.45) is 0 Å². The number of para-hydroxylation sites is 2. The number of hydrogen-bond acceptors (Lipinski definition) is 3. The Hall–Kier alpha value is -2.24. The Morgan fingerprint density at radius 3 is 2.88 bits per heavy atom. The molecule has 1 aliphatic rings. The van der Waals surface area contributed by atoms with E-state index in [4.69, 9.17) is 0 Å². The number of imidazole rings is 1. The van der Waals surface area contributed by atoms with Crippen molar-refractivity contribution in [1.29, 1.82) is 0 Å². The molecular weight excluding hydrogens is 371 g/mol. The van der Waals surface area contributed by atoms with Crippen LogP contribution < -0.4 is 10.6 Å². The molecule has 4 rings (SSSR count). The number of aromatic nitrogens is 2. The third-order valence-corrected chi connectivity index (χ3v) is 4.54. The van der Waals surface area contributed by atoms with Gasteiger partial charge in [0.1, 0.15) is 5.82 Å². The predicted molar refractivity (Wildman–Crippen MR) is 110 cm³/mol. The van der Waals surface area contributed by atoms with E-state index in [0.717, 1.165) is 41.1 Å². The second kappa shape index (κ2) is 8.43. The third kappa shape index (κ3) is 3.79. The van der Waals surface area contributed by atoms with Crippen LogP contribution in [0.1, 0.15) is 21.7 Å². The Morgan fingerprint density at radius 2 is 2.04 bits per heavy atom. The van der Waals surface area contributed by atoms with Crippen molar-refractivity contribution in [3.63, 3.8) is 0 Å². The predicted octanol–water partition coefficient (Wildman–Crippen LogP) is 3.59. The van der Waals surface area contributed by atoms with Crippen molar-refractivity contribution >= 4 is 47.4 Å². The van der Waals surface area contributed by atoms with Crippen molar-refractivity contribution in [1.82, 2.24) is 14.9 Å². The molecule has 2 heterocycles. The zero-order chi connectivity index (χ0) is 16.5. The number of amides is 1. The summed E-state index contributed by atoms with van der Waals surface area (Å²) in [6, 6.07) is 13.9. The van der Waals surface area contributed by atoms with Gasteiger partial charge in [0.15, 0.2) is 0 Å². The third-order valence-electron chi connectivity index (χ3n) is 4.54. The number of carbonyl (C=O) groups is 1. The van der Waals surface area contributed by atoms with Crippen molar-refractivity contribution in [2.45, 2.75) is 19.9 Å². The largest absolute Gasteiger partial charge is 0.384 e. The number of rotatable bonds is 4. The molecular formula is C19H22Cl2N4O. The van der Waals surface area contributed by atoms with Crippen LogP contribution in [0.15, 0.2) is 42.5 Å². The molecule has 1 aliphatic heterocycles. The minimum Gasteiger partial charge on any atom is -0.384 e. The molecule has 138 valence electrons. The SMILES string of the molecule is Cc1nc2ccccc2n1CCNC(=O)c1ccc2c(c1)CCN2.Cl.Cl. The molecule has 7 heteroatoms. The van der Waals surface area contributed by atoms with Gasteiger partial charge in [-0.1, -0.05) is 12.1 Å². The van der Waals surface area contributed by atoms with Crippen LogP contribution in [0.4, 0.5) is 5.69 Å². The fourth-order valence-electron chi connectivity index (χ4n) is 3.31. The van der Waals surface area contributed by atoms with E-state index in [9.17, 15) is 4.79 Å². The van der Waals surface area contributed by atoms with Crippen LogP contribution in [0.25, 0.3) is 11.0 Å². The van der Waals surface area contributed by atoms with E-state index in [1.807, 2.05) is 43.3 Å². The topological polar surface area (TPSA) is 59.0 Å². The Bertz CT molecular complexity index is 923. The molecule has 0 spiro atoms. The average molecular weight is 393 g/mol. The highest BCUT2D eigenvalue weighted by atomic mass is 35.5. The zero-order valence-corrected chi connectivity index (χ0v) is 16.1. The summed E-state index contributed by atoms with van der Waals surface area (Å²) in [6.45, 7) is 4.24. The highest BCUT2D eigenvalue weighted by Gasteiger charge is 2.13. The molecule has 0 unspecified atom stereocenters. The number of nitrogens with one attached hydrogen (secondary N) is 2. The van der Waals surface area contributed by atoms with Gasteiger partial charge in [-0.3, -0.25) is 4.79 Å². The number of halogens is 2. The van der Waals surface area contributed by atoms with E-state index in [1.54, 1.807) is 0 Å². The minimum absolute atomic E-state index is 0. The van der Waals surface area contributed by atoms with Gasteiger partial charge in [-0.15, -0.1) is 24.8 Å². The summed E-state index contributed by atoms with van der Waals surface area (Å²) in [5, 5.41) is 6.32. The number of anilines is 1. The number of hydrogen-bond donors (Lipinski definition) is 2. The van der Waals surface area contributed by atoms with Gasteiger partial charge in [-0.05, 0) is 49.2 Å². The summed E-state index contributed by atoms with van der Waals surface area (Å²) in [5.41, 5.74) is 5.19. The summed E-state index contributed by atoms with van der Waals surface area (Å²) in [7, 11) is 0. The van der Waals surface area contributed by atoms with E-state index in [2.05, 4.69) is 26.3 Å². The lowest BCUT2D eigenvalue weighted by molar-refractivity contribution is 0.0952. The summed E-state index contributed by atoms with van der Waals surface area (Å²) < 4.78 is 2.14. The lowest BCUT2D eigenvalue weighted by Gasteiger charge is -2.09. The Labute approximate surface area is 165 Å². The van der Waals surface area contributed by atoms with Gasteiger partial charge in [0.05, 0.1) is 11.0 Å². The van der Waals surface area contributed by atoms with E-state index in [-0.39, 0.29) is 30.7 Å². The highest BCUT2D eigenvalue weighted by molar-refractivity contribution is 5.95. The molecule has 0 fully saturated rings. The van der Waals surface area contributed by atoms with Gasteiger partial charge in [-0.25, -0.2) is 4.98 Å². The first-order valence-electron chi connectivity index (χ1n) is 8.29. The first-order valence-corrected chi connectivity index (χ1v) is 8.29. The highest BCUT2D eigenvalue weighted by Crippen LogP contribution is 2.23. The molecule has 2 N–H and O–H groups in total. The van der Waals surface area contributed by atoms with Gasteiger partial charge >= 0.3 is 0 Å². The van der Waals surface area contributed by atoms with Gasteiger partial charge in [0, 0.05) is 30.9 Å². The quantitative estimate of drug-likeness (QED) is 0.712. The van der Waals surface area contributed by atoms with Crippen LogP contribution in [-0.4, -0.2) is 28.5 Å².